The van der Waals surface area contributed by atoms with E-state index >= 15 is 0 Å². The van der Waals surface area contributed by atoms with Gasteiger partial charge in [-0.3, -0.25) is 9.59 Å². The molecule has 0 aliphatic carbocycles. The van der Waals surface area contributed by atoms with Gasteiger partial charge in [0.15, 0.2) is 0 Å². The van der Waals surface area contributed by atoms with E-state index in [0.29, 0.717) is 12.3 Å². The van der Waals surface area contributed by atoms with Crippen LogP contribution in [0.3, 0.4) is 0 Å². The number of nitrogens with one attached hydrogen (secondary N) is 2. The van der Waals surface area contributed by atoms with Crippen molar-refractivity contribution < 1.29 is 28.9 Å². The molecule has 3 N–H and O–H groups in total. The fourth-order valence-electron chi connectivity index (χ4n) is 3.18. The maximum atomic E-state index is 12.7. The van der Waals surface area contributed by atoms with E-state index in [1.807, 2.05) is 53.7 Å². The third-order valence-electron chi connectivity index (χ3n) is 5.45. The highest BCUT2D eigenvalue weighted by Gasteiger charge is 2.35. The first-order valence-electron chi connectivity index (χ1n) is 13.3. The van der Waals surface area contributed by atoms with Crippen molar-refractivity contribution in [3.8, 4) is 5.75 Å². The molecule has 208 valence electrons. The number of hydrogen-bond acceptors (Lipinski definition) is 7. The largest absolute Gasteiger partial charge is 0.463 e. The van der Waals surface area contributed by atoms with Crippen molar-refractivity contribution in [2.45, 2.75) is 120 Å². The first-order chi connectivity index (χ1) is 17.0. The second-order valence-corrected chi connectivity index (χ2v) is 9.44. The van der Waals surface area contributed by atoms with Crippen LogP contribution in [0, 0.1) is 5.41 Å². The Labute approximate surface area is 218 Å². The lowest BCUT2D eigenvalue weighted by Crippen LogP contribution is -2.48. The molecular weight excluding hydrogens is 460 g/mol. The lowest BCUT2D eigenvalue weighted by atomic mass is 9.90. The van der Waals surface area contributed by atoms with Crippen LogP contribution in [0.15, 0.2) is 18.2 Å². The molecule has 0 aromatic heterocycles. The van der Waals surface area contributed by atoms with Gasteiger partial charge >= 0.3 is 5.97 Å². The number of ether oxygens (including phenoxy) is 3. The number of anilines is 1. The zero-order valence-corrected chi connectivity index (χ0v) is 24.1. The van der Waals surface area contributed by atoms with Gasteiger partial charge in [0.05, 0.1) is 11.8 Å². The van der Waals surface area contributed by atoms with Gasteiger partial charge in [0.25, 0.3) is 0 Å². The molecule has 1 saturated heterocycles. The van der Waals surface area contributed by atoms with Gasteiger partial charge in [0.2, 0.25) is 12.2 Å². The second-order valence-electron chi connectivity index (χ2n) is 9.44. The highest BCUT2D eigenvalue weighted by molar-refractivity contribution is 5.81. The average molecular weight is 511 g/mol. The lowest BCUT2D eigenvalue weighted by Gasteiger charge is -2.33. The first kappa shape index (κ1) is 33.7. The summed E-state index contributed by atoms with van der Waals surface area (Å²) in [4.78, 5) is 23.8. The predicted molar refractivity (Wildman–Crippen MR) is 145 cm³/mol. The van der Waals surface area contributed by atoms with Gasteiger partial charge in [-0.25, -0.2) is 0 Å². The Balaban J connectivity index is 0.00000291. The Morgan fingerprint density at radius 3 is 2.36 bits per heavy atom. The topological polar surface area (TPSA) is 106 Å². The molecule has 3 unspecified atom stereocenters. The molecule has 1 amide bonds. The quantitative estimate of drug-likeness (QED) is 0.361. The summed E-state index contributed by atoms with van der Waals surface area (Å²) in [5.41, 5.74) is 1.50. The summed E-state index contributed by atoms with van der Waals surface area (Å²) >= 11 is 0. The van der Waals surface area contributed by atoms with Crippen LogP contribution in [0.4, 0.5) is 5.69 Å². The van der Waals surface area contributed by atoms with Crippen molar-refractivity contribution in [3.05, 3.63) is 23.8 Å². The van der Waals surface area contributed by atoms with Gasteiger partial charge in [-0.15, -0.1) is 0 Å². The number of benzene rings is 1. The van der Waals surface area contributed by atoms with Crippen molar-refractivity contribution in [3.63, 3.8) is 0 Å². The van der Waals surface area contributed by atoms with E-state index in [-0.39, 0.29) is 42.8 Å². The van der Waals surface area contributed by atoms with Crippen molar-refractivity contribution in [1.82, 2.24) is 5.32 Å². The molecule has 3 atom stereocenters. The number of hydrogen-bond donors (Lipinski definition) is 3. The number of aliphatic hydroxyl groups excluding tert-OH is 1. The van der Waals surface area contributed by atoms with Crippen LogP contribution in [0.2, 0.25) is 0 Å². The summed E-state index contributed by atoms with van der Waals surface area (Å²) in [6.45, 7) is 20.3. The molecule has 0 saturated carbocycles. The van der Waals surface area contributed by atoms with Crippen LogP contribution in [0.5, 0.6) is 5.75 Å². The first-order valence-corrected chi connectivity index (χ1v) is 13.3. The maximum Gasteiger partial charge on any atom is 0.302 e. The fraction of sp³-hybridized carbons (Fsp3) is 0.714. The molecule has 36 heavy (non-hydrogen) atoms. The second kappa shape index (κ2) is 17.2. The van der Waals surface area contributed by atoms with Crippen molar-refractivity contribution in [1.29, 1.82) is 0 Å². The predicted octanol–water partition coefficient (Wildman–Crippen LogP) is 5.42. The summed E-state index contributed by atoms with van der Waals surface area (Å²) in [6.07, 6.45) is -0.883. The third kappa shape index (κ3) is 12.6. The summed E-state index contributed by atoms with van der Waals surface area (Å²) in [6, 6.07) is 5.64. The van der Waals surface area contributed by atoms with E-state index in [1.54, 1.807) is 6.07 Å². The molecule has 0 radical (unpaired) electrons. The van der Waals surface area contributed by atoms with Crippen LogP contribution in [0.25, 0.3) is 0 Å². The van der Waals surface area contributed by atoms with Gasteiger partial charge in [0.1, 0.15) is 18.5 Å². The Hall–Kier alpha value is -2.32. The smallest absolute Gasteiger partial charge is 0.302 e. The van der Waals surface area contributed by atoms with E-state index in [2.05, 4.69) is 31.4 Å². The molecular formula is C28H50N2O6. The normalized spacial score (nSPS) is 19.2. The Bertz CT molecular complexity index is 781. The van der Waals surface area contributed by atoms with Gasteiger partial charge < -0.3 is 30.0 Å². The summed E-state index contributed by atoms with van der Waals surface area (Å²) in [5, 5.41) is 16.6. The molecule has 1 aromatic carbocycles. The Morgan fingerprint density at radius 1 is 1.17 bits per heavy atom. The molecule has 1 fully saturated rings. The van der Waals surface area contributed by atoms with Crippen molar-refractivity contribution in [2.24, 2.45) is 5.41 Å². The van der Waals surface area contributed by atoms with Crippen LogP contribution in [0.1, 0.15) is 94.1 Å². The maximum absolute atomic E-state index is 12.7. The minimum atomic E-state index is -0.790. The van der Waals surface area contributed by atoms with Crippen LogP contribution in [-0.2, 0) is 25.7 Å². The molecule has 0 spiro atoms. The Kier molecular flexibility index (Phi) is 16.1. The number of carbonyl (C=O) groups is 2. The molecule has 8 heteroatoms. The minimum Gasteiger partial charge on any atom is -0.463 e. The number of esters is 1. The molecule has 0 bridgehead atoms. The Morgan fingerprint density at radius 2 is 1.81 bits per heavy atom. The molecule has 1 heterocycles. The minimum absolute atomic E-state index is 0.0152. The van der Waals surface area contributed by atoms with Crippen LogP contribution >= 0.6 is 0 Å². The zero-order chi connectivity index (χ0) is 27.9. The zero-order valence-electron chi connectivity index (χ0n) is 24.1. The molecule has 1 aromatic rings. The fourth-order valence-corrected chi connectivity index (χ4v) is 3.18. The molecule has 8 nitrogen and oxygen atoms in total. The summed E-state index contributed by atoms with van der Waals surface area (Å²) in [7, 11) is 0. The van der Waals surface area contributed by atoms with Crippen molar-refractivity contribution in [2.75, 3.05) is 11.9 Å². The summed E-state index contributed by atoms with van der Waals surface area (Å²) < 4.78 is 17.1. The highest BCUT2D eigenvalue weighted by Crippen LogP contribution is 2.31. The van der Waals surface area contributed by atoms with Crippen LogP contribution in [-0.4, -0.2) is 48.1 Å². The van der Waals surface area contributed by atoms with E-state index in [9.17, 15) is 14.7 Å². The van der Waals surface area contributed by atoms with Gasteiger partial charge in [0, 0.05) is 32.4 Å². The monoisotopic (exact) mass is 510 g/mol. The van der Waals surface area contributed by atoms with Gasteiger partial charge in [-0.2, -0.15) is 0 Å². The van der Waals surface area contributed by atoms with E-state index in [1.165, 1.54) is 6.92 Å². The van der Waals surface area contributed by atoms with E-state index < -0.39 is 18.5 Å². The van der Waals surface area contributed by atoms with Crippen LogP contribution < -0.4 is 15.4 Å². The standard InChI is InChI=1S/C24H38N2O6.2C2H6/c1-7-24(5,6)14-25-23(29)21-11-18(28)12-22(32-21)31-20-10-17(13-30-16(4)27)8-9-19(20)26-15(2)3;2*1-2/h8-10,15,18,21-22,26,28H,7,11-14H2,1-6H3,(H,25,29);2*1-2H3. The van der Waals surface area contributed by atoms with Gasteiger partial charge in [-0.1, -0.05) is 54.5 Å². The number of amides is 1. The number of aliphatic hydroxyl groups is 1. The van der Waals surface area contributed by atoms with Crippen molar-refractivity contribution >= 4 is 17.6 Å². The number of rotatable bonds is 10. The molecule has 2 rings (SSSR count). The molecule has 1 aliphatic heterocycles. The number of carbonyl (C=O) groups excluding carboxylic acids is 2. The third-order valence-corrected chi connectivity index (χ3v) is 5.45. The lowest BCUT2D eigenvalue weighted by molar-refractivity contribution is -0.184. The van der Waals surface area contributed by atoms with Gasteiger partial charge in [-0.05, 0) is 43.4 Å². The highest BCUT2D eigenvalue weighted by atomic mass is 16.7. The average Bonchev–Trinajstić information content (AvgIpc) is 2.84. The van der Waals surface area contributed by atoms with E-state index in [4.69, 9.17) is 14.2 Å². The molecule has 1 aliphatic rings. The SMILES string of the molecule is CC.CC.CCC(C)(C)CNC(=O)C1CC(O)CC(Oc2cc(COC(C)=O)ccc2NC(C)C)O1. The van der Waals surface area contributed by atoms with E-state index in [0.717, 1.165) is 17.7 Å². The summed E-state index contributed by atoms with van der Waals surface area (Å²) in [5.74, 6) is -0.104.